The van der Waals surface area contributed by atoms with Crippen molar-refractivity contribution in [3.05, 3.63) is 58.4 Å². The summed E-state index contributed by atoms with van der Waals surface area (Å²) in [5, 5.41) is 0.796. The fourth-order valence-electron chi connectivity index (χ4n) is 3.00. The molecule has 1 fully saturated rings. The van der Waals surface area contributed by atoms with Crippen LogP contribution in [-0.2, 0) is 5.75 Å². The van der Waals surface area contributed by atoms with Gasteiger partial charge in [0, 0.05) is 23.7 Å². The van der Waals surface area contributed by atoms with Gasteiger partial charge in [-0.05, 0) is 43.5 Å². The van der Waals surface area contributed by atoms with Gasteiger partial charge < -0.3 is 4.90 Å². The number of aryl methyl sites for hydroxylation is 1. The highest BCUT2D eigenvalue weighted by molar-refractivity contribution is 7.98. The molecule has 3 rings (SSSR count). The molecule has 0 bridgehead atoms. The van der Waals surface area contributed by atoms with E-state index < -0.39 is 0 Å². The largest absolute Gasteiger partial charge is 0.337 e. The molecule has 1 aliphatic rings. The average molecular weight is 375 g/mol. The number of hydrogen-bond donors (Lipinski definition) is 0. The number of pyridine rings is 1. The highest BCUT2D eigenvalue weighted by Gasteiger charge is 2.18. The molecule has 0 spiro atoms. The minimum absolute atomic E-state index is 0.0577. The van der Waals surface area contributed by atoms with E-state index in [1.165, 1.54) is 12.8 Å². The minimum Gasteiger partial charge on any atom is -0.337 e. The van der Waals surface area contributed by atoms with Crippen LogP contribution in [0.4, 0.5) is 0 Å². The molecule has 0 radical (unpaired) electrons. The van der Waals surface area contributed by atoms with Gasteiger partial charge >= 0.3 is 0 Å². The van der Waals surface area contributed by atoms with E-state index in [0.717, 1.165) is 47.1 Å². The van der Waals surface area contributed by atoms with Crippen LogP contribution in [0.3, 0.4) is 0 Å². The van der Waals surface area contributed by atoms with Crippen molar-refractivity contribution in [1.82, 2.24) is 9.88 Å². The zero-order chi connectivity index (χ0) is 17.6. The summed E-state index contributed by atoms with van der Waals surface area (Å²) >= 11 is 8.01. The molecule has 0 aliphatic carbocycles. The molecule has 5 heteroatoms. The second-order valence-electron chi connectivity index (χ2n) is 6.40. The normalized spacial score (nSPS) is 15.0. The van der Waals surface area contributed by atoms with Crippen LogP contribution in [0.1, 0.15) is 47.4 Å². The molecule has 1 aliphatic heterocycles. The van der Waals surface area contributed by atoms with Crippen LogP contribution in [0, 0.1) is 6.92 Å². The first-order valence-corrected chi connectivity index (χ1v) is 10.1. The van der Waals surface area contributed by atoms with Gasteiger partial charge in [0.1, 0.15) is 5.69 Å². The van der Waals surface area contributed by atoms with E-state index in [4.69, 9.17) is 11.6 Å². The number of likely N-dealkylation sites (tertiary alicyclic amines) is 1. The van der Waals surface area contributed by atoms with Crippen molar-refractivity contribution in [3.63, 3.8) is 0 Å². The number of carbonyl (C=O) groups excluding carboxylic acids is 1. The van der Waals surface area contributed by atoms with Gasteiger partial charge in [0.15, 0.2) is 0 Å². The maximum atomic E-state index is 12.7. The standard InChI is InChI=1S/C20H23ClN2OS/c1-15-8-6-11-18(19(15)21)25-14-16-9-7-10-17(22-16)20(24)23-12-4-2-3-5-13-23/h6-11H,2-5,12-14H2,1H3. The number of nitrogens with zero attached hydrogens (tertiary/aromatic N) is 2. The summed E-state index contributed by atoms with van der Waals surface area (Å²) in [4.78, 5) is 20.3. The molecule has 0 atom stereocenters. The van der Waals surface area contributed by atoms with E-state index >= 15 is 0 Å². The fraction of sp³-hybridized carbons (Fsp3) is 0.400. The number of thioether (sulfide) groups is 1. The van der Waals surface area contributed by atoms with E-state index in [1.54, 1.807) is 11.8 Å². The van der Waals surface area contributed by atoms with Crippen LogP contribution in [0.25, 0.3) is 0 Å². The van der Waals surface area contributed by atoms with Crippen molar-refractivity contribution < 1.29 is 4.79 Å². The second kappa shape index (κ2) is 8.72. The summed E-state index contributed by atoms with van der Waals surface area (Å²) in [5.41, 5.74) is 2.53. The van der Waals surface area contributed by atoms with Gasteiger partial charge in [-0.15, -0.1) is 11.8 Å². The van der Waals surface area contributed by atoms with E-state index in [-0.39, 0.29) is 5.91 Å². The molecule has 1 aromatic heterocycles. The van der Waals surface area contributed by atoms with Crippen molar-refractivity contribution in [3.8, 4) is 0 Å². The lowest BCUT2D eigenvalue weighted by Crippen LogP contribution is -2.32. The van der Waals surface area contributed by atoms with Gasteiger partial charge in [-0.2, -0.15) is 0 Å². The Morgan fingerprint density at radius 1 is 1.12 bits per heavy atom. The van der Waals surface area contributed by atoms with Crippen LogP contribution in [-0.4, -0.2) is 28.9 Å². The zero-order valence-electron chi connectivity index (χ0n) is 14.5. The van der Waals surface area contributed by atoms with Gasteiger partial charge in [0.2, 0.25) is 0 Å². The number of aromatic nitrogens is 1. The Bertz CT molecular complexity index is 742. The SMILES string of the molecule is Cc1cccc(SCc2cccc(C(=O)N3CCCCCC3)n2)c1Cl. The molecule has 2 heterocycles. The van der Waals surface area contributed by atoms with Crippen molar-refractivity contribution in [2.75, 3.05) is 13.1 Å². The highest BCUT2D eigenvalue weighted by atomic mass is 35.5. The Morgan fingerprint density at radius 2 is 1.84 bits per heavy atom. The first kappa shape index (κ1) is 18.3. The van der Waals surface area contributed by atoms with E-state index in [1.807, 2.05) is 48.2 Å². The van der Waals surface area contributed by atoms with Crippen molar-refractivity contribution in [1.29, 1.82) is 0 Å². The van der Waals surface area contributed by atoms with Gasteiger partial charge in [-0.25, -0.2) is 4.98 Å². The third kappa shape index (κ3) is 4.77. The maximum absolute atomic E-state index is 12.7. The lowest BCUT2D eigenvalue weighted by Gasteiger charge is -2.20. The van der Waals surface area contributed by atoms with E-state index in [2.05, 4.69) is 4.98 Å². The Hall–Kier alpha value is -1.52. The molecule has 3 nitrogen and oxygen atoms in total. The molecule has 1 amide bonds. The number of amides is 1. The number of benzene rings is 1. The van der Waals surface area contributed by atoms with E-state index in [9.17, 15) is 4.79 Å². The molecule has 2 aromatic rings. The fourth-order valence-corrected chi connectivity index (χ4v) is 4.21. The predicted molar refractivity (Wildman–Crippen MR) is 104 cm³/mol. The topological polar surface area (TPSA) is 33.2 Å². The Morgan fingerprint density at radius 3 is 2.60 bits per heavy atom. The number of hydrogen-bond acceptors (Lipinski definition) is 3. The Kier molecular flexibility index (Phi) is 6.38. The summed E-state index contributed by atoms with van der Waals surface area (Å²) in [5.74, 6) is 0.756. The van der Waals surface area contributed by atoms with Gasteiger partial charge in [-0.1, -0.05) is 42.6 Å². The average Bonchev–Trinajstić information content (AvgIpc) is 2.92. The zero-order valence-corrected chi connectivity index (χ0v) is 16.1. The van der Waals surface area contributed by atoms with Crippen LogP contribution in [0.15, 0.2) is 41.3 Å². The molecule has 1 aromatic carbocycles. The molecule has 25 heavy (non-hydrogen) atoms. The quantitative estimate of drug-likeness (QED) is 0.676. The molecule has 0 unspecified atom stereocenters. The van der Waals surface area contributed by atoms with Crippen LogP contribution in [0.5, 0.6) is 0 Å². The van der Waals surface area contributed by atoms with Crippen LogP contribution >= 0.6 is 23.4 Å². The molecule has 0 N–H and O–H groups in total. The summed E-state index contributed by atoms with van der Waals surface area (Å²) in [7, 11) is 0. The first-order chi connectivity index (χ1) is 12.1. The number of carbonyl (C=O) groups is 1. The van der Waals surface area contributed by atoms with Crippen molar-refractivity contribution in [2.45, 2.75) is 43.3 Å². The maximum Gasteiger partial charge on any atom is 0.272 e. The third-order valence-corrected chi connectivity index (χ3v) is 6.16. The summed E-state index contributed by atoms with van der Waals surface area (Å²) in [6, 6.07) is 11.7. The smallest absolute Gasteiger partial charge is 0.272 e. The van der Waals surface area contributed by atoms with E-state index in [0.29, 0.717) is 11.4 Å². The molecule has 132 valence electrons. The summed E-state index contributed by atoms with van der Waals surface area (Å²) in [6.45, 7) is 3.70. The Balaban J connectivity index is 1.68. The van der Waals surface area contributed by atoms with Crippen LogP contribution < -0.4 is 0 Å². The molecule has 1 saturated heterocycles. The predicted octanol–water partition coefficient (Wildman–Crippen LogP) is 5.35. The summed E-state index contributed by atoms with van der Waals surface area (Å²) in [6.07, 6.45) is 4.61. The lowest BCUT2D eigenvalue weighted by atomic mass is 10.2. The third-order valence-electron chi connectivity index (χ3n) is 4.45. The molecular formula is C20H23ClN2OS. The van der Waals surface area contributed by atoms with Crippen LogP contribution in [0.2, 0.25) is 5.02 Å². The lowest BCUT2D eigenvalue weighted by molar-refractivity contribution is 0.0755. The molecule has 0 saturated carbocycles. The Labute approximate surface area is 158 Å². The van der Waals surface area contributed by atoms with Gasteiger partial charge in [0.05, 0.1) is 10.7 Å². The molecular weight excluding hydrogens is 352 g/mol. The van der Waals surface area contributed by atoms with Gasteiger partial charge in [-0.3, -0.25) is 4.79 Å². The van der Waals surface area contributed by atoms with Crippen molar-refractivity contribution in [2.24, 2.45) is 0 Å². The number of rotatable bonds is 4. The highest BCUT2D eigenvalue weighted by Crippen LogP contribution is 2.31. The second-order valence-corrected chi connectivity index (χ2v) is 7.79. The monoisotopic (exact) mass is 374 g/mol. The van der Waals surface area contributed by atoms with Crippen molar-refractivity contribution >= 4 is 29.3 Å². The first-order valence-electron chi connectivity index (χ1n) is 8.78. The minimum atomic E-state index is 0.0577. The van der Waals surface area contributed by atoms with Gasteiger partial charge in [0.25, 0.3) is 5.91 Å². The number of halogens is 1. The summed E-state index contributed by atoms with van der Waals surface area (Å²) < 4.78 is 0.